The van der Waals surface area contributed by atoms with E-state index >= 15 is 0 Å². The van der Waals surface area contributed by atoms with Crippen LogP contribution in [0.3, 0.4) is 0 Å². The Morgan fingerprint density at radius 1 is 1.50 bits per heavy atom. The first kappa shape index (κ1) is 7.77. The van der Waals surface area contributed by atoms with Crippen LogP contribution in [0.5, 0.6) is 0 Å². The fourth-order valence-corrected chi connectivity index (χ4v) is 2.07. The van der Waals surface area contributed by atoms with Crippen molar-refractivity contribution in [2.24, 2.45) is 17.8 Å². The van der Waals surface area contributed by atoms with Gasteiger partial charge in [-0.3, -0.25) is 0 Å². The van der Waals surface area contributed by atoms with Gasteiger partial charge in [-0.2, -0.15) is 0 Å². The zero-order valence-corrected chi connectivity index (χ0v) is 6.84. The highest BCUT2D eigenvalue weighted by Gasteiger charge is 2.29. The molecular weight excluding hydrogens is 124 g/mol. The Balaban J connectivity index is 2.43. The maximum Gasteiger partial charge on any atom is 0.123 e. The molecule has 0 amide bonds. The highest BCUT2D eigenvalue weighted by molar-refractivity contribution is 5.54. The van der Waals surface area contributed by atoms with Crippen LogP contribution in [-0.4, -0.2) is 6.29 Å². The summed E-state index contributed by atoms with van der Waals surface area (Å²) in [5.74, 6) is 1.97. The summed E-state index contributed by atoms with van der Waals surface area (Å²) in [6.45, 7) is 4.48. The zero-order chi connectivity index (χ0) is 7.56. The Morgan fingerprint density at radius 3 is 2.50 bits per heavy atom. The Hall–Kier alpha value is -0.330. The molecule has 0 N–H and O–H groups in total. The molecule has 1 rings (SSSR count). The van der Waals surface area contributed by atoms with Crippen LogP contribution < -0.4 is 0 Å². The van der Waals surface area contributed by atoms with Gasteiger partial charge in [-0.05, 0) is 24.7 Å². The van der Waals surface area contributed by atoms with Gasteiger partial charge in [-0.25, -0.2) is 0 Å². The summed E-state index contributed by atoms with van der Waals surface area (Å²) < 4.78 is 0. The van der Waals surface area contributed by atoms with Gasteiger partial charge in [0, 0.05) is 5.92 Å². The third-order valence-electron chi connectivity index (χ3n) is 2.80. The third-order valence-corrected chi connectivity index (χ3v) is 2.80. The van der Waals surface area contributed by atoms with E-state index < -0.39 is 0 Å². The van der Waals surface area contributed by atoms with Crippen LogP contribution in [0, 0.1) is 17.8 Å². The molecule has 0 heterocycles. The summed E-state index contributed by atoms with van der Waals surface area (Å²) >= 11 is 0. The monoisotopic (exact) mass is 140 g/mol. The fraction of sp³-hybridized carbons (Fsp3) is 0.889. The Kier molecular flexibility index (Phi) is 2.47. The third kappa shape index (κ3) is 1.39. The summed E-state index contributed by atoms with van der Waals surface area (Å²) in [5.41, 5.74) is 0. The molecule has 0 aromatic heterocycles. The fourth-order valence-electron chi connectivity index (χ4n) is 2.07. The van der Waals surface area contributed by atoms with Crippen LogP contribution in [0.15, 0.2) is 0 Å². The van der Waals surface area contributed by atoms with Gasteiger partial charge in [0.1, 0.15) is 6.29 Å². The zero-order valence-electron chi connectivity index (χ0n) is 6.84. The molecule has 0 aliphatic heterocycles. The molecule has 1 aliphatic carbocycles. The summed E-state index contributed by atoms with van der Waals surface area (Å²) in [6.07, 6.45) is 4.64. The average Bonchev–Trinajstić information content (AvgIpc) is 2.30. The van der Waals surface area contributed by atoms with E-state index in [1.54, 1.807) is 0 Å². The molecule has 0 saturated heterocycles. The quantitative estimate of drug-likeness (QED) is 0.538. The molecule has 10 heavy (non-hydrogen) atoms. The van der Waals surface area contributed by atoms with E-state index in [-0.39, 0.29) is 0 Å². The average molecular weight is 140 g/mol. The van der Waals surface area contributed by atoms with Crippen molar-refractivity contribution in [1.29, 1.82) is 0 Å². The van der Waals surface area contributed by atoms with E-state index in [4.69, 9.17) is 0 Å². The van der Waals surface area contributed by atoms with E-state index in [0.717, 1.165) is 31.0 Å². The van der Waals surface area contributed by atoms with Crippen LogP contribution in [0.25, 0.3) is 0 Å². The summed E-state index contributed by atoms with van der Waals surface area (Å²) in [5, 5.41) is 0. The van der Waals surface area contributed by atoms with Crippen LogP contribution in [0.2, 0.25) is 0 Å². The van der Waals surface area contributed by atoms with E-state index in [1.165, 1.54) is 6.42 Å². The minimum absolute atomic E-state index is 0.375. The van der Waals surface area contributed by atoms with Crippen LogP contribution in [0.1, 0.15) is 33.1 Å². The minimum atomic E-state index is 0.375. The molecule has 1 nitrogen and oxygen atoms in total. The lowest BCUT2D eigenvalue weighted by Gasteiger charge is -2.10. The predicted octanol–water partition coefficient (Wildman–Crippen LogP) is 2.26. The molecule has 1 heteroatoms. The van der Waals surface area contributed by atoms with Gasteiger partial charge in [-0.1, -0.05) is 20.3 Å². The van der Waals surface area contributed by atoms with E-state index in [0.29, 0.717) is 5.92 Å². The number of hydrogen-bond acceptors (Lipinski definition) is 1. The van der Waals surface area contributed by atoms with Gasteiger partial charge in [-0.15, -0.1) is 0 Å². The molecule has 0 spiro atoms. The minimum Gasteiger partial charge on any atom is -0.303 e. The first-order valence-corrected chi connectivity index (χ1v) is 4.23. The summed E-state index contributed by atoms with van der Waals surface area (Å²) in [7, 11) is 0. The largest absolute Gasteiger partial charge is 0.303 e. The lowest BCUT2D eigenvalue weighted by Crippen LogP contribution is -2.00. The lowest BCUT2D eigenvalue weighted by atomic mass is 9.96. The van der Waals surface area contributed by atoms with Gasteiger partial charge >= 0.3 is 0 Å². The molecule has 0 unspecified atom stereocenters. The first-order valence-electron chi connectivity index (χ1n) is 4.23. The molecule has 1 aliphatic rings. The molecule has 1 saturated carbocycles. The van der Waals surface area contributed by atoms with Gasteiger partial charge in [0.2, 0.25) is 0 Å². The maximum absolute atomic E-state index is 10.4. The SMILES string of the molecule is CC[C@H]1C[C@@H](C=O)C[C@H]1C. The lowest BCUT2D eigenvalue weighted by molar-refractivity contribution is -0.111. The summed E-state index contributed by atoms with van der Waals surface area (Å²) in [6, 6.07) is 0. The van der Waals surface area contributed by atoms with E-state index in [2.05, 4.69) is 13.8 Å². The Bertz CT molecular complexity index is 120. The molecule has 0 bridgehead atoms. The molecule has 58 valence electrons. The highest BCUT2D eigenvalue weighted by Crippen LogP contribution is 2.36. The number of carbonyl (C=O) groups excluding carboxylic acids is 1. The second-order valence-electron chi connectivity index (χ2n) is 3.51. The van der Waals surface area contributed by atoms with Gasteiger partial charge < -0.3 is 4.79 Å². The summed E-state index contributed by atoms with van der Waals surface area (Å²) in [4.78, 5) is 10.4. The van der Waals surface area contributed by atoms with Crippen molar-refractivity contribution in [3.8, 4) is 0 Å². The molecular formula is C9H16O. The van der Waals surface area contributed by atoms with Gasteiger partial charge in [0.25, 0.3) is 0 Å². The van der Waals surface area contributed by atoms with Crippen molar-refractivity contribution in [3.63, 3.8) is 0 Å². The van der Waals surface area contributed by atoms with Crippen molar-refractivity contribution in [2.75, 3.05) is 0 Å². The van der Waals surface area contributed by atoms with Crippen molar-refractivity contribution in [2.45, 2.75) is 33.1 Å². The van der Waals surface area contributed by atoms with Crippen LogP contribution in [-0.2, 0) is 4.79 Å². The highest BCUT2D eigenvalue weighted by atomic mass is 16.1. The molecule has 3 atom stereocenters. The van der Waals surface area contributed by atoms with Crippen molar-refractivity contribution >= 4 is 6.29 Å². The Morgan fingerprint density at radius 2 is 2.20 bits per heavy atom. The number of aldehydes is 1. The number of carbonyl (C=O) groups is 1. The molecule has 0 radical (unpaired) electrons. The van der Waals surface area contributed by atoms with E-state index in [1.807, 2.05) is 0 Å². The van der Waals surface area contributed by atoms with Crippen molar-refractivity contribution < 1.29 is 4.79 Å². The van der Waals surface area contributed by atoms with Crippen LogP contribution in [0.4, 0.5) is 0 Å². The smallest absolute Gasteiger partial charge is 0.123 e. The second-order valence-corrected chi connectivity index (χ2v) is 3.51. The van der Waals surface area contributed by atoms with Gasteiger partial charge in [0.05, 0.1) is 0 Å². The molecule has 0 aromatic carbocycles. The molecule has 0 aromatic rings. The number of rotatable bonds is 2. The Labute approximate surface area is 62.8 Å². The van der Waals surface area contributed by atoms with Crippen molar-refractivity contribution in [1.82, 2.24) is 0 Å². The van der Waals surface area contributed by atoms with Crippen molar-refractivity contribution in [3.05, 3.63) is 0 Å². The first-order chi connectivity index (χ1) is 4.77. The second kappa shape index (κ2) is 3.18. The van der Waals surface area contributed by atoms with E-state index in [9.17, 15) is 4.79 Å². The van der Waals surface area contributed by atoms with Crippen LogP contribution >= 0.6 is 0 Å². The number of hydrogen-bond donors (Lipinski definition) is 0. The standard InChI is InChI=1S/C9H16O/c1-3-9-5-8(6-10)4-7(9)2/h6-9H,3-5H2,1-2H3/t7-,8+,9+/m1/s1. The van der Waals surface area contributed by atoms with Gasteiger partial charge in [0.15, 0.2) is 0 Å². The maximum atomic E-state index is 10.4. The molecule has 1 fully saturated rings. The predicted molar refractivity (Wildman–Crippen MR) is 41.7 cm³/mol. The topological polar surface area (TPSA) is 17.1 Å². The normalized spacial score (nSPS) is 40.0.